The maximum Gasteiger partial charge on any atom is 0.238 e. The smallest absolute Gasteiger partial charge is 0.238 e. The van der Waals surface area contributed by atoms with Crippen molar-refractivity contribution in [2.24, 2.45) is 0 Å². The van der Waals surface area contributed by atoms with Gasteiger partial charge in [0.2, 0.25) is 5.91 Å². The predicted octanol–water partition coefficient (Wildman–Crippen LogP) is 2.50. The van der Waals surface area contributed by atoms with Crippen LogP contribution in [0.3, 0.4) is 0 Å². The highest BCUT2D eigenvalue weighted by Crippen LogP contribution is 2.25. The summed E-state index contributed by atoms with van der Waals surface area (Å²) in [6.07, 6.45) is 1.23. The van der Waals surface area contributed by atoms with Gasteiger partial charge in [-0.25, -0.2) is 0 Å². The van der Waals surface area contributed by atoms with E-state index in [1.54, 1.807) is 12.1 Å². The van der Waals surface area contributed by atoms with Gasteiger partial charge < -0.3 is 10.4 Å². The van der Waals surface area contributed by atoms with Crippen molar-refractivity contribution < 1.29 is 9.90 Å². The Bertz CT molecular complexity index is 462. The average molecular weight is 348 g/mol. The fourth-order valence-electron chi connectivity index (χ4n) is 2.06. The number of aliphatic hydroxyl groups excluding tert-OH is 1. The van der Waals surface area contributed by atoms with Gasteiger partial charge in [0.25, 0.3) is 0 Å². The molecule has 1 fully saturated rings. The number of hydrogen-bond donors (Lipinski definition) is 2. The molecule has 4 nitrogen and oxygen atoms in total. The lowest BCUT2D eigenvalue weighted by Gasteiger charge is -2.28. The molecule has 1 heterocycles. The van der Waals surface area contributed by atoms with Crippen LogP contribution in [0.1, 0.15) is 12.8 Å². The van der Waals surface area contributed by atoms with E-state index in [1.165, 1.54) is 0 Å². The zero-order valence-corrected chi connectivity index (χ0v) is 12.7. The lowest BCUT2D eigenvalue weighted by Crippen LogP contribution is -2.40. The maximum absolute atomic E-state index is 11.9. The van der Waals surface area contributed by atoms with E-state index in [9.17, 15) is 9.90 Å². The van der Waals surface area contributed by atoms with E-state index in [1.807, 2.05) is 11.0 Å². The minimum atomic E-state index is -0.222. The number of halogens is 2. The molecular weight excluding hydrogens is 332 g/mol. The monoisotopic (exact) mass is 346 g/mol. The Labute approximate surface area is 125 Å². The number of piperidine rings is 1. The molecule has 1 aromatic carbocycles. The normalized spacial score (nSPS) is 17.4. The highest BCUT2D eigenvalue weighted by molar-refractivity contribution is 9.10. The number of likely N-dealkylation sites (tertiary alicyclic amines) is 1. The highest BCUT2D eigenvalue weighted by Gasteiger charge is 2.19. The summed E-state index contributed by atoms with van der Waals surface area (Å²) in [5.74, 6) is -0.0828. The first kappa shape index (κ1) is 14.8. The molecule has 0 bridgehead atoms. The van der Waals surface area contributed by atoms with Crippen molar-refractivity contribution in [1.29, 1.82) is 0 Å². The standard InChI is InChI=1S/C13H16BrClN2O2/c14-9-1-2-12(11(15)7-9)16-13(19)8-17-5-3-10(18)4-6-17/h1-2,7,10,18H,3-6,8H2,(H,16,19). The number of carbonyl (C=O) groups is 1. The number of anilines is 1. The summed E-state index contributed by atoms with van der Waals surface area (Å²) < 4.78 is 0.875. The van der Waals surface area contributed by atoms with Crippen LogP contribution < -0.4 is 5.32 Å². The summed E-state index contributed by atoms with van der Waals surface area (Å²) in [6.45, 7) is 1.84. The fourth-order valence-corrected chi connectivity index (χ4v) is 2.78. The molecule has 0 atom stereocenters. The van der Waals surface area contributed by atoms with Crippen LogP contribution in [0.2, 0.25) is 5.02 Å². The Morgan fingerprint density at radius 1 is 1.47 bits per heavy atom. The Morgan fingerprint density at radius 3 is 2.79 bits per heavy atom. The van der Waals surface area contributed by atoms with Crippen molar-refractivity contribution in [3.05, 3.63) is 27.7 Å². The van der Waals surface area contributed by atoms with E-state index >= 15 is 0 Å². The Balaban J connectivity index is 1.87. The van der Waals surface area contributed by atoms with Crippen molar-refractivity contribution in [3.8, 4) is 0 Å². The van der Waals surface area contributed by atoms with E-state index in [0.717, 1.165) is 30.4 Å². The Hall–Kier alpha value is -0.620. The van der Waals surface area contributed by atoms with Gasteiger partial charge in [-0.1, -0.05) is 27.5 Å². The van der Waals surface area contributed by atoms with Gasteiger partial charge in [-0.2, -0.15) is 0 Å². The second-order valence-electron chi connectivity index (χ2n) is 4.68. The first-order valence-corrected chi connectivity index (χ1v) is 7.37. The van der Waals surface area contributed by atoms with Crippen molar-refractivity contribution in [1.82, 2.24) is 4.90 Å². The summed E-state index contributed by atoms with van der Waals surface area (Å²) in [5.41, 5.74) is 0.618. The van der Waals surface area contributed by atoms with Crippen LogP contribution in [0, 0.1) is 0 Å². The molecule has 2 rings (SSSR count). The van der Waals surface area contributed by atoms with Gasteiger partial charge in [0.15, 0.2) is 0 Å². The van der Waals surface area contributed by atoms with Gasteiger partial charge in [0.1, 0.15) is 0 Å². The van der Waals surface area contributed by atoms with Gasteiger partial charge >= 0.3 is 0 Å². The third kappa shape index (κ3) is 4.45. The molecule has 1 aliphatic rings. The number of nitrogens with one attached hydrogen (secondary N) is 1. The molecule has 1 saturated heterocycles. The Kier molecular flexibility index (Phi) is 5.21. The molecule has 6 heteroatoms. The molecular formula is C13H16BrClN2O2. The third-order valence-corrected chi connectivity index (χ3v) is 3.94. The molecule has 0 aromatic heterocycles. The summed E-state index contributed by atoms with van der Waals surface area (Å²) >= 11 is 9.36. The number of rotatable bonds is 3. The van der Waals surface area contributed by atoms with Crippen LogP contribution in [0.5, 0.6) is 0 Å². The van der Waals surface area contributed by atoms with E-state index in [0.29, 0.717) is 17.3 Å². The van der Waals surface area contributed by atoms with Crippen LogP contribution in [-0.4, -0.2) is 41.7 Å². The lowest BCUT2D eigenvalue weighted by molar-refractivity contribution is -0.117. The molecule has 0 radical (unpaired) electrons. The number of carbonyl (C=O) groups excluding carboxylic acids is 1. The molecule has 1 amide bonds. The lowest BCUT2D eigenvalue weighted by atomic mass is 10.1. The molecule has 104 valence electrons. The molecule has 2 N–H and O–H groups in total. The maximum atomic E-state index is 11.9. The minimum Gasteiger partial charge on any atom is -0.393 e. The van der Waals surface area contributed by atoms with Crippen molar-refractivity contribution in [2.45, 2.75) is 18.9 Å². The summed E-state index contributed by atoms with van der Waals surface area (Å²) in [4.78, 5) is 14.0. The predicted molar refractivity (Wildman–Crippen MR) is 79.5 cm³/mol. The van der Waals surface area contributed by atoms with Crippen LogP contribution in [0.4, 0.5) is 5.69 Å². The molecule has 0 spiro atoms. The first-order valence-electron chi connectivity index (χ1n) is 6.20. The zero-order chi connectivity index (χ0) is 13.8. The van der Waals surface area contributed by atoms with E-state index in [4.69, 9.17) is 11.6 Å². The molecule has 1 aliphatic heterocycles. The number of amides is 1. The van der Waals surface area contributed by atoms with Gasteiger partial charge in [0, 0.05) is 17.6 Å². The van der Waals surface area contributed by atoms with Crippen LogP contribution in [0.15, 0.2) is 22.7 Å². The quantitative estimate of drug-likeness (QED) is 0.883. The number of aliphatic hydroxyl groups is 1. The highest BCUT2D eigenvalue weighted by atomic mass is 79.9. The first-order chi connectivity index (χ1) is 9.04. The van der Waals surface area contributed by atoms with Gasteiger partial charge in [-0.05, 0) is 31.0 Å². The largest absolute Gasteiger partial charge is 0.393 e. The van der Waals surface area contributed by atoms with Crippen molar-refractivity contribution in [2.75, 3.05) is 25.0 Å². The van der Waals surface area contributed by atoms with E-state index < -0.39 is 0 Å². The number of hydrogen-bond acceptors (Lipinski definition) is 3. The summed E-state index contributed by atoms with van der Waals surface area (Å²) in [7, 11) is 0. The molecule has 19 heavy (non-hydrogen) atoms. The fraction of sp³-hybridized carbons (Fsp3) is 0.462. The zero-order valence-electron chi connectivity index (χ0n) is 10.4. The molecule has 0 unspecified atom stereocenters. The average Bonchev–Trinajstić information content (AvgIpc) is 2.36. The minimum absolute atomic E-state index is 0.0828. The number of benzene rings is 1. The van der Waals surface area contributed by atoms with Crippen molar-refractivity contribution in [3.63, 3.8) is 0 Å². The number of nitrogens with zero attached hydrogens (tertiary/aromatic N) is 1. The second kappa shape index (κ2) is 6.70. The van der Waals surface area contributed by atoms with Crippen LogP contribution in [-0.2, 0) is 4.79 Å². The second-order valence-corrected chi connectivity index (χ2v) is 6.00. The van der Waals surface area contributed by atoms with Gasteiger partial charge in [-0.15, -0.1) is 0 Å². The molecule has 0 saturated carbocycles. The topological polar surface area (TPSA) is 52.6 Å². The SMILES string of the molecule is O=C(CN1CCC(O)CC1)Nc1ccc(Br)cc1Cl. The third-order valence-electron chi connectivity index (χ3n) is 3.13. The van der Waals surface area contributed by atoms with Gasteiger partial charge in [-0.3, -0.25) is 9.69 Å². The van der Waals surface area contributed by atoms with Crippen molar-refractivity contribution >= 4 is 39.1 Å². The molecule has 1 aromatic rings. The summed E-state index contributed by atoms with van der Waals surface area (Å²) in [6, 6.07) is 5.34. The van der Waals surface area contributed by atoms with E-state index in [-0.39, 0.29) is 12.0 Å². The Morgan fingerprint density at radius 2 is 2.16 bits per heavy atom. The van der Waals surface area contributed by atoms with Crippen LogP contribution >= 0.6 is 27.5 Å². The van der Waals surface area contributed by atoms with E-state index in [2.05, 4.69) is 21.2 Å². The summed E-state index contributed by atoms with van der Waals surface area (Å²) in [5, 5.41) is 12.7. The van der Waals surface area contributed by atoms with Crippen LogP contribution in [0.25, 0.3) is 0 Å². The van der Waals surface area contributed by atoms with Gasteiger partial charge in [0.05, 0.1) is 23.4 Å². The molecule has 0 aliphatic carbocycles.